The van der Waals surface area contributed by atoms with Gasteiger partial charge in [0.05, 0.1) is 22.0 Å². The molecule has 148 valence electrons. The molecule has 6 nitrogen and oxygen atoms in total. The number of para-hydroxylation sites is 1. The molecule has 2 heterocycles. The smallest absolute Gasteiger partial charge is 0.240 e. The molecular formula is C18H17F3N4O2S. The van der Waals surface area contributed by atoms with Gasteiger partial charge < -0.3 is 0 Å². The molecule has 0 radical (unpaired) electrons. The van der Waals surface area contributed by atoms with Gasteiger partial charge in [0.25, 0.3) is 0 Å². The Bertz CT molecular complexity index is 1110. The van der Waals surface area contributed by atoms with Crippen LogP contribution in [0.4, 0.5) is 13.2 Å². The van der Waals surface area contributed by atoms with Crippen LogP contribution in [0, 0.1) is 0 Å². The first-order valence-corrected chi connectivity index (χ1v) is 10.2. The van der Waals surface area contributed by atoms with E-state index in [0.717, 1.165) is 17.6 Å². The maximum absolute atomic E-state index is 13.0. The zero-order valence-corrected chi connectivity index (χ0v) is 15.5. The second-order valence-electron chi connectivity index (χ2n) is 6.71. The van der Waals surface area contributed by atoms with Crippen molar-refractivity contribution in [3.05, 3.63) is 54.1 Å². The summed E-state index contributed by atoms with van der Waals surface area (Å²) >= 11 is 0. The van der Waals surface area contributed by atoms with Gasteiger partial charge in [-0.3, -0.25) is 0 Å². The molecule has 0 aliphatic carbocycles. The van der Waals surface area contributed by atoms with Crippen molar-refractivity contribution in [3.8, 4) is 0 Å². The number of sulfonamides is 1. The topological polar surface area (TPSA) is 68.1 Å². The Labute approximate surface area is 159 Å². The minimum atomic E-state index is -4.60. The summed E-state index contributed by atoms with van der Waals surface area (Å²) in [6.07, 6.45) is -3.31. The Morgan fingerprint density at radius 1 is 1.07 bits per heavy atom. The van der Waals surface area contributed by atoms with Gasteiger partial charge in [-0.1, -0.05) is 23.4 Å². The molecule has 1 aliphatic heterocycles. The molecule has 0 saturated carbocycles. The zero-order chi connectivity index (χ0) is 19.9. The number of nitrogens with zero attached hydrogens (tertiary/aromatic N) is 4. The van der Waals surface area contributed by atoms with Crippen LogP contribution >= 0.6 is 0 Å². The van der Waals surface area contributed by atoms with Crippen LogP contribution < -0.4 is 0 Å². The quantitative estimate of drug-likeness (QED) is 0.663. The monoisotopic (exact) mass is 410 g/mol. The standard InChI is InChI=1S/C18H17F3N4O2S/c19-18(20,21)13-5-3-7-15(11-13)28(26,27)24-10-4-6-14(12-24)25-17-9-2-1-8-16(17)22-23-25/h1-3,5,7-9,11,14H,4,6,10,12H2. The lowest BCUT2D eigenvalue weighted by molar-refractivity contribution is -0.137. The maximum atomic E-state index is 13.0. The second kappa shape index (κ2) is 6.85. The van der Waals surface area contributed by atoms with Crippen LogP contribution in [-0.2, 0) is 16.2 Å². The molecule has 1 fully saturated rings. The fraction of sp³-hybridized carbons (Fsp3) is 0.333. The van der Waals surface area contributed by atoms with Crippen LogP contribution in [0.25, 0.3) is 11.0 Å². The van der Waals surface area contributed by atoms with Crippen molar-refractivity contribution in [2.24, 2.45) is 0 Å². The molecular weight excluding hydrogens is 393 g/mol. The summed E-state index contributed by atoms with van der Waals surface area (Å²) in [5, 5.41) is 8.25. The highest BCUT2D eigenvalue weighted by Crippen LogP contribution is 2.33. The third-order valence-electron chi connectivity index (χ3n) is 4.88. The molecule has 0 bridgehead atoms. The van der Waals surface area contributed by atoms with Crippen molar-refractivity contribution in [2.75, 3.05) is 13.1 Å². The highest BCUT2D eigenvalue weighted by molar-refractivity contribution is 7.89. The minimum absolute atomic E-state index is 0.131. The number of alkyl halides is 3. The predicted octanol–water partition coefficient (Wildman–Crippen LogP) is 3.48. The summed E-state index contributed by atoms with van der Waals surface area (Å²) in [5.74, 6) is 0. The van der Waals surface area contributed by atoms with Crippen LogP contribution in [0.5, 0.6) is 0 Å². The van der Waals surface area contributed by atoms with Crippen molar-refractivity contribution in [3.63, 3.8) is 0 Å². The SMILES string of the molecule is O=S(=O)(c1cccc(C(F)(F)F)c1)N1CCCC(n2nnc3ccccc32)C1. The summed E-state index contributed by atoms with van der Waals surface area (Å²) in [6.45, 7) is 0.383. The van der Waals surface area contributed by atoms with E-state index in [1.807, 2.05) is 24.3 Å². The van der Waals surface area contributed by atoms with Crippen molar-refractivity contribution in [1.82, 2.24) is 19.3 Å². The first kappa shape index (κ1) is 18.9. The molecule has 0 amide bonds. The van der Waals surface area contributed by atoms with E-state index in [4.69, 9.17) is 0 Å². The molecule has 1 atom stereocenters. The van der Waals surface area contributed by atoms with E-state index in [9.17, 15) is 21.6 Å². The van der Waals surface area contributed by atoms with Gasteiger partial charge >= 0.3 is 6.18 Å². The Kier molecular flexibility index (Phi) is 4.62. The molecule has 1 unspecified atom stereocenters. The summed E-state index contributed by atoms with van der Waals surface area (Å²) in [7, 11) is -4.05. The maximum Gasteiger partial charge on any atom is 0.416 e. The third-order valence-corrected chi connectivity index (χ3v) is 6.74. The Morgan fingerprint density at radius 2 is 1.86 bits per heavy atom. The number of halogens is 3. The van der Waals surface area contributed by atoms with Gasteiger partial charge in [0, 0.05) is 13.1 Å². The first-order valence-electron chi connectivity index (χ1n) is 8.74. The number of aromatic nitrogens is 3. The molecule has 1 saturated heterocycles. The second-order valence-corrected chi connectivity index (χ2v) is 8.65. The molecule has 28 heavy (non-hydrogen) atoms. The molecule has 0 N–H and O–H groups in total. The van der Waals surface area contributed by atoms with E-state index in [-0.39, 0.29) is 24.0 Å². The Hall–Kier alpha value is -2.46. The van der Waals surface area contributed by atoms with Gasteiger partial charge in [-0.2, -0.15) is 17.5 Å². The van der Waals surface area contributed by atoms with Gasteiger partial charge in [0.15, 0.2) is 0 Å². The molecule has 2 aromatic carbocycles. The van der Waals surface area contributed by atoms with Crippen molar-refractivity contribution >= 4 is 21.1 Å². The lowest BCUT2D eigenvalue weighted by atomic mass is 10.1. The van der Waals surface area contributed by atoms with Crippen molar-refractivity contribution in [1.29, 1.82) is 0 Å². The third kappa shape index (κ3) is 3.37. The Morgan fingerprint density at radius 3 is 2.64 bits per heavy atom. The molecule has 0 spiro atoms. The molecule has 3 aromatic rings. The van der Waals surface area contributed by atoms with Crippen LogP contribution in [-0.4, -0.2) is 40.8 Å². The lowest BCUT2D eigenvalue weighted by Gasteiger charge is -2.32. The van der Waals surface area contributed by atoms with Crippen LogP contribution in [0.2, 0.25) is 0 Å². The fourth-order valence-corrected chi connectivity index (χ4v) is 5.04. The number of rotatable bonds is 3. The van der Waals surface area contributed by atoms with Gasteiger partial charge in [-0.15, -0.1) is 5.10 Å². The molecule has 4 rings (SSSR count). The van der Waals surface area contributed by atoms with E-state index in [1.165, 1.54) is 10.4 Å². The summed E-state index contributed by atoms with van der Waals surface area (Å²) in [4.78, 5) is -0.355. The van der Waals surface area contributed by atoms with Crippen LogP contribution in [0.3, 0.4) is 0 Å². The average Bonchev–Trinajstić information content (AvgIpc) is 3.12. The number of hydrogen-bond acceptors (Lipinski definition) is 4. The van der Waals surface area contributed by atoms with Gasteiger partial charge in [-0.05, 0) is 43.2 Å². The van der Waals surface area contributed by atoms with Crippen molar-refractivity contribution in [2.45, 2.75) is 30.0 Å². The zero-order valence-electron chi connectivity index (χ0n) is 14.7. The van der Waals surface area contributed by atoms with E-state index in [1.54, 1.807) is 4.68 Å². The molecule has 10 heteroatoms. The highest BCUT2D eigenvalue weighted by atomic mass is 32.2. The van der Waals surface area contributed by atoms with E-state index in [0.29, 0.717) is 24.4 Å². The number of fused-ring (bicyclic) bond motifs is 1. The number of hydrogen-bond donors (Lipinski definition) is 0. The van der Waals surface area contributed by atoms with E-state index in [2.05, 4.69) is 10.3 Å². The summed E-state index contributed by atoms with van der Waals surface area (Å²) in [6, 6.07) is 11.0. The largest absolute Gasteiger partial charge is 0.416 e. The first-order chi connectivity index (χ1) is 13.3. The predicted molar refractivity (Wildman–Crippen MR) is 96.0 cm³/mol. The summed E-state index contributed by atoms with van der Waals surface area (Å²) in [5.41, 5.74) is 0.524. The lowest BCUT2D eigenvalue weighted by Crippen LogP contribution is -2.41. The number of benzene rings is 2. The Balaban J connectivity index is 1.64. The van der Waals surface area contributed by atoms with E-state index >= 15 is 0 Å². The molecule has 1 aromatic heterocycles. The minimum Gasteiger partial charge on any atom is -0.240 e. The van der Waals surface area contributed by atoms with E-state index < -0.39 is 21.8 Å². The van der Waals surface area contributed by atoms with Gasteiger partial charge in [0.2, 0.25) is 10.0 Å². The van der Waals surface area contributed by atoms with Crippen molar-refractivity contribution < 1.29 is 21.6 Å². The van der Waals surface area contributed by atoms with Crippen LogP contribution in [0.15, 0.2) is 53.4 Å². The van der Waals surface area contributed by atoms with Gasteiger partial charge in [-0.25, -0.2) is 13.1 Å². The average molecular weight is 410 g/mol. The fourth-order valence-electron chi connectivity index (χ4n) is 3.48. The molecule has 1 aliphatic rings. The summed E-state index contributed by atoms with van der Waals surface area (Å²) < 4.78 is 67.7. The van der Waals surface area contributed by atoms with Gasteiger partial charge in [0.1, 0.15) is 5.52 Å². The van der Waals surface area contributed by atoms with Crippen LogP contribution in [0.1, 0.15) is 24.4 Å². The highest BCUT2D eigenvalue weighted by Gasteiger charge is 2.35. The normalized spacial score (nSPS) is 19.2. The number of piperidine rings is 1.